The molecule has 1 aliphatic carbocycles. The summed E-state index contributed by atoms with van der Waals surface area (Å²) in [6, 6.07) is 16.7. The van der Waals surface area contributed by atoms with E-state index in [1.807, 2.05) is 66.2 Å². The number of carbonyl (C=O) groups excluding carboxylic acids is 1. The second-order valence-electron chi connectivity index (χ2n) is 11.9. The van der Waals surface area contributed by atoms with Crippen LogP contribution in [-0.4, -0.2) is 64.1 Å². The maximum atomic E-state index is 12.7. The number of aromatic nitrogens is 1. The lowest BCUT2D eigenvalue weighted by Crippen LogP contribution is -2.55. The molecule has 1 saturated carbocycles. The van der Waals surface area contributed by atoms with Gasteiger partial charge in [0.25, 0.3) is 5.96 Å². The summed E-state index contributed by atoms with van der Waals surface area (Å²) in [4.78, 5) is 33.8. The van der Waals surface area contributed by atoms with E-state index in [9.17, 15) is 14.9 Å². The second kappa shape index (κ2) is 12.5. The molecule has 2 aromatic carbocycles. The number of nitro groups is 1. The molecule has 13 heteroatoms. The molecule has 230 valence electrons. The normalized spacial score (nSPS) is 19.3. The smallest absolute Gasteiger partial charge is 0.318 e. The van der Waals surface area contributed by atoms with Crippen LogP contribution in [-0.2, 0) is 11.3 Å². The van der Waals surface area contributed by atoms with E-state index in [4.69, 9.17) is 21.1 Å². The van der Waals surface area contributed by atoms with E-state index in [0.29, 0.717) is 41.8 Å². The highest BCUT2D eigenvalue weighted by molar-refractivity contribution is 7.15. The number of rotatable bonds is 7. The van der Waals surface area contributed by atoms with E-state index in [1.54, 1.807) is 30.3 Å². The van der Waals surface area contributed by atoms with Crippen LogP contribution in [0.15, 0.2) is 65.9 Å². The van der Waals surface area contributed by atoms with Crippen molar-refractivity contribution in [2.75, 3.05) is 27.4 Å². The number of thiazole rings is 1. The molecule has 3 aromatic rings. The standard InChI is InChI=1S/C21H24O3.C9H13ClN6O2S/c1-19(2)20(3,4)21(19,5)18(22)24-17-13-9-12-16(14-17)23-15-10-7-6-8-11-15;1-13-5-14(2)9(12-16(17)18)15(6-13)4-7-3-11-8(10)19-7/h6-14H,1-5H3;3H,4-6H2,1-2H3. The fourth-order valence-electron chi connectivity index (χ4n) is 5.48. The Morgan fingerprint density at radius 3 is 2.23 bits per heavy atom. The summed E-state index contributed by atoms with van der Waals surface area (Å²) in [7, 11) is 3.71. The predicted octanol–water partition coefficient (Wildman–Crippen LogP) is 6.40. The summed E-state index contributed by atoms with van der Waals surface area (Å²) in [5.41, 5.74) is -0.666. The largest absolute Gasteiger partial charge is 0.457 e. The van der Waals surface area contributed by atoms with Gasteiger partial charge in [-0.15, -0.1) is 11.3 Å². The van der Waals surface area contributed by atoms with Crippen molar-refractivity contribution in [3.63, 3.8) is 0 Å². The monoisotopic (exact) mass is 628 g/mol. The first-order chi connectivity index (χ1) is 20.2. The summed E-state index contributed by atoms with van der Waals surface area (Å²) < 4.78 is 11.9. The zero-order valence-electron chi connectivity index (χ0n) is 25.4. The number of benzene rings is 2. The minimum absolute atomic E-state index is 0.0881. The number of hydrogen-bond donors (Lipinski definition) is 0. The van der Waals surface area contributed by atoms with Crippen molar-refractivity contribution in [3.05, 3.63) is 80.3 Å². The summed E-state index contributed by atoms with van der Waals surface area (Å²) in [6.07, 6.45) is 1.67. The number of guanidine groups is 1. The van der Waals surface area contributed by atoms with Crippen molar-refractivity contribution in [2.45, 2.75) is 41.2 Å². The number of hydrazone groups is 1. The molecule has 1 aliphatic heterocycles. The summed E-state index contributed by atoms with van der Waals surface area (Å²) in [5.74, 6) is 2.05. The maximum absolute atomic E-state index is 12.7. The molecule has 0 unspecified atom stereocenters. The van der Waals surface area contributed by atoms with E-state index in [0.717, 1.165) is 10.6 Å². The minimum atomic E-state index is -0.677. The van der Waals surface area contributed by atoms with Gasteiger partial charge in [0.15, 0.2) is 9.50 Å². The van der Waals surface area contributed by atoms with Crippen molar-refractivity contribution in [1.29, 1.82) is 0 Å². The highest BCUT2D eigenvalue weighted by Crippen LogP contribution is 2.77. The van der Waals surface area contributed by atoms with Crippen molar-refractivity contribution in [1.82, 2.24) is 19.7 Å². The average molecular weight is 629 g/mol. The molecule has 1 saturated heterocycles. The van der Waals surface area contributed by atoms with Crippen LogP contribution < -0.4 is 9.47 Å². The quantitative estimate of drug-likeness (QED) is 0.127. The molecule has 2 aliphatic rings. The van der Waals surface area contributed by atoms with Crippen LogP contribution in [0.2, 0.25) is 4.47 Å². The number of hydrogen-bond acceptors (Lipinski definition) is 8. The van der Waals surface area contributed by atoms with Crippen LogP contribution in [0.4, 0.5) is 0 Å². The highest BCUT2D eigenvalue weighted by Gasteiger charge is 2.79. The number of carbonyl (C=O) groups is 1. The Hall–Kier alpha value is -3.74. The van der Waals surface area contributed by atoms with Gasteiger partial charge in [-0.05, 0) is 49.1 Å². The van der Waals surface area contributed by atoms with E-state index >= 15 is 0 Å². The van der Waals surface area contributed by atoms with Gasteiger partial charge < -0.3 is 19.3 Å². The van der Waals surface area contributed by atoms with Gasteiger partial charge in [-0.3, -0.25) is 9.69 Å². The molecular weight excluding hydrogens is 592 g/mol. The Balaban J connectivity index is 0.000000203. The fourth-order valence-corrected chi connectivity index (χ4v) is 6.48. The summed E-state index contributed by atoms with van der Waals surface area (Å²) >= 11 is 7.14. The van der Waals surface area contributed by atoms with Crippen LogP contribution >= 0.6 is 22.9 Å². The first kappa shape index (κ1) is 32.2. The molecule has 43 heavy (non-hydrogen) atoms. The topological polar surface area (TPSA) is 114 Å². The fraction of sp³-hybridized carbons (Fsp3) is 0.433. The van der Waals surface area contributed by atoms with Crippen LogP contribution in [0.25, 0.3) is 0 Å². The third-order valence-electron chi connectivity index (χ3n) is 8.94. The maximum Gasteiger partial charge on any atom is 0.318 e. The zero-order chi connectivity index (χ0) is 31.6. The molecule has 1 aromatic heterocycles. The SMILES string of the molecule is CC1(C)C(C)(C)C1(C)C(=O)Oc1cccc(Oc2ccccc2)c1.CN1CN(C)C(=N[N+](=O)[O-])N(Cc2cnc(Cl)s2)C1. The average Bonchev–Trinajstić information content (AvgIpc) is 3.18. The van der Waals surface area contributed by atoms with E-state index in [2.05, 4.69) is 37.8 Å². The highest BCUT2D eigenvalue weighted by atomic mass is 35.5. The molecule has 0 bridgehead atoms. The Morgan fingerprint density at radius 2 is 1.65 bits per heavy atom. The lowest BCUT2D eigenvalue weighted by Gasteiger charge is -2.39. The lowest BCUT2D eigenvalue weighted by atomic mass is 9.98. The molecule has 0 N–H and O–H groups in total. The molecule has 0 spiro atoms. The second-order valence-corrected chi connectivity index (χ2v) is 13.6. The zero-order valence-corrected chi connectivity index (χ0v) is 27.0. The van der Waals surface area contributed by atoms with Gasteiger partial charge in [0.1, 0.15) is 22.3 Å². The lowest BCUT2D eigenvalue weighted by molar-refractivity contribution is -0.486. The van der Waals surface area contributed by atoms with Crippen LogP contribution in [0.5, 0.6) is 17.2 Å². The Morgan fingerprint density at radius 1 is 1.02 bits per heavy atom. The first-order valence-electron chi connectivity index (χ1n) is 13.7. The molecule has 0 radical (unpaired) electrons. The van der Waals surface area contributed by atoms with Gasteiger partial charge in [-0.2, -0.15) is 0 Å². The van der Waals surface area contributed by atoms with E-state index in [-0.39, 0.29) is 16.8 Å². The van der Waals surface area contributed by atoms with Crippen LogP contribution in [0, 0.1) is 26.4 Å². The van der Waals surface area contributed by atoms with Gasteiger partial charge in [-0.1, -0.05) is 63.6 Å². The van der Waals surface area contributed by atoms with Crippen molar-refractivity contribution in [2.24, 2.45) is 21.3 Å². The van der Waals surface area contributed by atoms with E-state index in [1.165, 1.54) is 11.3 Å². The molecule has 2 fully saturated rings. The Bertz CT molecular complexity index is 1480. The Labute approximate surface area is 260 Å². The van der Waals surface area contributed by atoms with E-state index < -0.39 is 10.4 Å². The number of ether oxygens (including phenoxy) is 2. The third kappa shape index (κ3) is 6.76. The number of nitrogens with zero attached hydrogens (tertiary/aromatic N) is 6. The minimum Gasteiger partial charge on any atom is -0.457 e. The van der Waals surface area contributed by atoms with Crippen molar-refractivity contribution in [3.8, 4) is 17.2 Å². The molecule has 0 amide bonds. The molecule has 5 rings (SSSR count). The molecule has 2 heterocycles. The van der Waals surface area contributed by atoms with Gasteiger partial charge >= 0.3 is 5.97 Å². The molecule has 11 nitrogen and oxygen atoms in total. The third-order valence-corrected chi connectivity index (χ3v) is 10.0. The van der Waals surface area contributed by atoms with Gasteiger partial charge in [-0.25, -0.2) is 15.1 Å². The van der Waals surface area contributed by atoms with Crippen LogP contribution in [0.3, 0.4) is 0 Å². The van der Waals surface area contributed by atoms with Crippen molar-refractivity contribution >= 4 is 34.9 Å². The molecular formula is C30H37ClN6O5S. The van der Waals surface area contributed by atoms with Gasteiger partial charge in [0.05, 0.1) is 25.3 Å². The number of esters is 1. The molecule has 0 atom stereocenters. The number of halogens is 1. The first-order valence-corrected chi connectivity index (χ1v) is 14.9. The summed E-state index contributed by atoms with van der Waals surface area (Å²) in [5, 5.41) is 13.4. The number of para-hydroxylation sites is 1. The van der Waals surface area contributed by atoms with Gasteiger partial charge in [0.2, 0.25) is 0 Å². The van der Waals surface area contributed by atoms with Crippen molar-refractivity contribution < 1.29 is 19.3 Å². The van der Waals surface area contributed by atoms with Gasteiger partial charge in [0, 0.05) is 24.2 Å². The predicted molar refractivity (Wildman–Crippen MR) is 167 cm³/mol. The van der Waals surface area contributed by atoms with Crippen LogP contribution in [0.1, 0.15) is 39.5 Å². The summed E-state index contributed by atoms with van der Waals surface area (Å²) in [6.45, 7) is 12.1. The Kier molecular flexibility index (Phi) is 9.33.